The largest absolute Gasteiger partial charge is 0.480 e. The van der Waals surface area contributed by atoms with Gasteiger partial charge in [0.15, 0.2) is 5.84 Å². The Hall–Kier alpha value is -4.05. The lowest BCUT2D eigenvalue weighted by molar-refractivity contribution is -0.139. The topological polar surface area (TPSA) is 91.1 Å². The van der Waals surface area contributed by atoms with Crippen molar-refractivity contribution >= 4 is 41.3 Å². The van der Waals surface area contributed by atoms with E-state index in [0.717, 1.165) is 17.0 Å². The molecule has 0 bridgehead atoms. The molecule has 0 saturated heterocycles. The van der Waals surface area contributed by atoms with E-state index in [2.05, 4.69) is 22.0 Å². The van der Waals surface area contributed by atoms with Crippen LogP contribution in [-0.4, -0.2) is 35.6 Å². The highest BCUT2D eigenvalue weighted by Crippen LogP contribution is 2.31. The van der Waals surface area contributed by atoms with Gasteiger partial charge in [0.2, 0.25) is 0 Å². The van der Waals surface area contributed by atoms with Crippen molar-refractivity contribution in [3.8, 4) is 0 Å². The Morgan fingerprint density at radius 2 is 1.60 bits per heavy atom. The molecule has 0 aliphatic rings. The van der Waals surface area contributed by atoms with Crippen molar-refractivity contribution in [2.45, 2.75) is 51.7 Å². The summed E-state index contributed by atoms with van der Waals surface area (Å²) in [5.41, 5.74) is 1.65. The van der Waals surface area contributed by atoms with Crippen LogP contribution in [-0.2, 0) is 22.8 Å². The third kappa shape index (κ3) is 7.98. The highest BCUT2D eigenvalue weighted by molar-refractivity contribution is 7.14. The standard InChI is InChI=1S/C30H30F3N3O3S/c1-18(20-10-12-22(13-11-20)30(31,32)33)17-35-26(34-5)21-8-6-19(7-9-21)16-23(28(38)39)36-27(37)24-14-15-25(40-24)29(2,3)4/h6-15,17,23H,5,16H2,1-4H3,(H,36,37)(H,38,39)/b18-17+,35-26?/t23-/m0/s1. The summed E-state index contributed by atoms with van der Waals surface area (Å²) in [7, 11) is 0. The van der Waals surface area contributed by atoms with Gasteiger partial charge in [0.05, 0.1) is 10.4 Å². The van der Waals surface area contributed by atoms with Gasteiger partial charge in [0.25, 0.3) is 5.91 Å². The summed E-state index contributed by atoms with van der Waals surface area (Å²) in [5, 5.41) is 12.3. The second kappa shape index (κ2) is 12.4. The van der Waals surface area contributed by atoms with Crippen molar-refractivity contribution in [3.05, 3.63) is 98.9 Å². The predicted octanol–water partition coefficient (Wildman–Crippen LogP) is 7.00. The number of aliphatic carboxylic acids is 1. The van der Waals surface area contributed by atoms with Crippen LogP contribution in [0.25, 0.3) is 5.57 Å². The van der Waals surface area contributed by atoms with Crippen LogP contribution in [0.1, 0.15) is 64.5 Å². The zero-order valence-electron chi connectivity index (χ0n) is 22.5. The van der Waals surface area contributed by atoms with Crippen LogP contribution in [0, 0.1) is 0 Å². The maximum atomic E-state index is 12.8. The van der Waals surface area contributed by atoms with Crippen LogP contribution in [0.15, 0.2) is 76.8 Å². The minimum absolute atomic E-state index is 0.0692. The highest BCUT2D eigenvalue weighted by atomic mass is 32.1. The van der Waals surface area contributed by atoms with Crippen molar-refractivity contribution in [1.82, 2.24) is 5.32 Å². The van der Waals surface area contributed by atoms with Gasteiger partial charge in [-0.2, -0.15) is 13.2 Å². The van der Waals surface area contributed by atoms with Gasteiger partial charge in [0.1, 0.15) is 6.04 Å². The normalized spacial score (nSPS) is 13.6. The van der Waals surface area contributed by atoms with E-state index in [-0.39, 0.29) is 17.7 Å². The Morgan fingerprint density at radius 1 is 1.00 bits per heavy atom. The van der Waals surface area contributed by atoms with Crippen molar-refractivity contribution in [1.29, 1.82) is 0 Å². The number of carboxylic acids is 1. The van der Waals surface area contributed by atoms with E-state index in [9.17, 15) is 27.9 Å². The Kier molecular flexibility index (Phi) is 9.47. The van der Waals surface area contributed by atoms with Gasteiger partial charge in [-0.05, 0) is 60.0 Å². The van der Waals surface area contributed by atoms with E-state index < -0.39 is 29.7 Å². The summed E-state index contributed by atoms with van der Waals surface area (Å²) < 4.78 is 38.4. The zero-order valence-corrected chi connectivity index (χ0v) is 23.4. The first-order valence-electron chi connectivity index (χ1n) is 12.3. The molecule has 210 valence electrons. The van der Waals surface area contributed by atoms with Crippen molar-refractivity contribution in [2.75, 3.05) is 0 Å². The summed E-state index contributed by atoms with van der Waals surface area (Å²) in [6.45, 7) is 11.4. The van der Waals surface area contributed by atoms with E-state index in [1.165, 1.54) is 29.7 Å². The van der Waals surface area contributed by atoms with Gasteiger partial charge in [-0.3, -0.25) is 4.79 Å². The number of amidine groups is 1. The van der Waals surface area contributed by atoms with Gasteiger partial charge in [-0.25, -0.2) is 14.8 Å². The quantitative estimate of drug-likeness (QED) is 0.226. The van der Waals surface area contributed by atoms with E-state index in [0.29, 0.717) is 27.1 Å². The first-order valence-corrected chi connectivity index (χ1v) is 13.1. The van der Waals surface area contributed by atoms with E-state index in [4.69, 9.17) is 0 Å². The van der Waals surface area contributed by atoms with Gasteiger partial charge in [-0.1, -0.05) is 57.2 Å². The van der Waals surface area contributed by atoms with Gasteiger partial charge in [-0.15, -0.1) is 11.3 Å². The molecule has 2 N–H and O–H groups in total. The molecule has 0 aliphatic heterocycles. The molecule has 0 saturated carbocycles. The van der Waals surface area contributed by atoms with Crippen LogP contribution < -0.4 is 5.32 Å². The summed E-state index contributed by atoms with van der Waals surface area (Å²) in [4.78, 5) is 34.3. The Labute approximate surface area is 235 Å². The molecule has 6 nitrogen and oxygen atoms in total. The Morgan fingerprint density at radius 3 is 2.10 bits per heavy atom. The number of carboxylic acid groups (broad SMARTS) is 1. The molecular formula is C30H30F3N3O3S. The number of hydrogen-bond donors (Lipinski definition) is 2. The van der Waals surface area contributed by atoms with E-state index >= 15 is 0 Å². The molecule has 0 unspecified atom stereocenters. The second-order valence-corrected chi connectivity index (χ2v) is 11.3. The molecule has 3 rings (SSSR count). The number of aliphatic imine (C=N–C) groups is 2. The lowest BCUT2D eigenvalue weighted by atomic mass is 9.95. The van der Waals surface area contributed by atoms with E-state index in [1.807, 2.05) is 26.8 Å². The van der Waals surface area contributed by atoms with Crippen LogP contribution in [0.4, 0.5) is 13.2 Å². The average Bonchev–Trinajstić information content (AvgIpc) is 3.40. The minimum atomic E-state index is -4.41. The van der Waals surface area contributed by atoms with Crippen LogP contribution in [0.2, 0.25) is 0 Å². The number of amides is 1. The number of benzene rings is 2. The molecule has 0 radical (unpaired) electrons. The third-order valence-electron chi connectivity index (χ3n) is 6.02. The van der Waals surface area contributed by atoms with Gasteiger partial charge < -0.3 is 10.4 Å². The number of nitrogens with zero attached hydrogens (tertiary/aromatic N) is 2. The summed E-state index contributed by atoms with van der Waals surface area (Å²) in [6, 6.07) is 14.1. The molecule has 3 aromatic rings. The highest BCUT2D eigenvalue weighted by Gasteiger charge is 2.30. The van der Waals surface area contributed by atoms with Crippen molar-refractivity contribution in [2.24, 2.45) is 9.98 Å². The third-order valence-corrected chi connectivity index (χ3v) is 7.53. The van der Waals surface area contributed by atoms with Gasteiger partial charge in [0, 0.05) is 23.1 Å². The SMILES string of the molecule is C=NC(=N/C=C(\C)c1ccc(C(F)(F)F)cc1)c1ccc(C[C@H](NC(=O)c2ccc(C(C)(C)C)s2)C(=O)O)cc1. The maximum Gasteiger partial charge on any atom is 0.416 e. The first-order chi connectivity index (χ1) is 18.7. The lowest BCUT2D eigenvalue weighted by Crippen LogP contribution is -2.42. The molecular weight excluding hydrogens is 539 g/mol. The molecule has 1 aromatic heterocycles. The van der Waals surface area contributed by atoms with Crippen molar-refractivity contribution in [3.63, 3.8) is 0 Å². The molecule has 1 atom stereocenters. The lowest BCUT2D eigenvalue weighted by Gasteiger charge is -2.16. The molecule has 0 fully saturated rings. The Balaban J connectivity index is 1.71. The monoisotopic (exact) mass is 569 g/mol. The van der Waals surface area contributed by atoms with Gasteiger partial charge >= 0.3 is 12.1 Å². The maximum absolute atomic E-state index is 12.8. The molecule has 1 heterocycles. The number of carbonyl (C=O) groups is 2. The number of carbonyl (C=O) groups excluding carboxylic acids is 1. The number of halogens is 3. The average molecular weight is 570 g/mol. The minimum Gasteiger partial charge on any atom is -0.480 e. The molecule has 0 spiro atoms. The summed E-state index contributed by atoms with van der Waals surface area (Å²) >= 11 is 1.34. The van der Waals surface area contributed by atoms with Crippen molar-refractivity contribution < 1.29 is 27.9 Å². The fraction of sp³-hybridized carbons (Fsp3) is 0.267. The Bertz CT molecular complexity index is 1430. The summed E-state index contributed by atoms with van der Waals surface area (Å²) in [5.74, 6) is -1.30. The smallest absolute Gasteiger partial charge is 0.416 e. The number of allylic oxidation sites excluding steroid dienone is 1. The van der Waals surface area contributed by atoms with E-state index in [1.54, 1.807) is 37.3 Å². The van der Waals surface area contributed by atoms with Crippen LogP contribution in [0.5, 0.6) is 0 Å². The summed E-state index contributed by atoms with van der Waals surface area (Å²) in [6.07, 6.45) is -2.84. The van der Waals surface area contributed by atoms with Crippen LogP contribution in [0.3, 0.4) is 0 Å². The number of nitrogens with one attached hydrogen (secondary N) is 1. The molecule has 2 aromatic carbocycles. The number of thiophene rings is 1. The predicted molar refractivity (Wildman–Crippen MR) is 153 cm³/mol. The van der Waals surface area contributed by atoms with Crippen LogP contribution >= 0.6 is 11.3 Å². The number of alkyl halides is 3. The fourth-order valence-corrected chi connectivity index (χ4v) is 4.65. The fourth-order valence-electron chi connectivity index (χ4n) is 3.68. The number of hydrogen-bond acceptors (Lipinski definition) is 4. The first kappa shape index (κ1) is 30.5. The second-order valence-electron chi connectivity index (χ2n) is 10.2. The molecule has 1 amide bonds. The molecule has 10 heteroatoms. The number of rotatable bonds is 8. The molecule has 0 aliphatic carbocycles. The zero-order chi connectivity index (χ0) is 29.7. The molecule has 40 heavy (non-hydrogen) atoms.